The zero-order valence-corrected chi connectivity index (χ0v) is 15.7. The van der Waals surface area contributed by atoms with Crippen LogP contribution in [0.2, 0.25) is 0 Å². The van der Waals surface area contributed by atoms with Gasteiger partial charge >= 0.3 is 5.97 Å². The highest BCUT2D eigenvalue weighted by molar-refractivity contribution is 5.72. The van der Waals surface area contributed by atoms with Crippen molar-refractivity contribution in [2.24, 2.45) is 0 Å². The van der Waals surface area contributed by atoms with Crippen molar-refractivity contribution in [2.75, 3.05) is 31.6 Å². The highest BCUT2D eigenvalue weighted by Gasteiger charge is 2.24. The van der Waals surface area contributed by atoms with Crippen molar-refractivity contribution in [3.63, 3.8) is 0 Å². The number of anilines is 1. The molecule has 6 nitrogen and oxygen atoms in total. The Morgan fingerprint density at radius 1 is 1.40 bits per heavy atom. The molecule has 1 saturated heterocycles. The summed E-state index contributed by atoms with van der Waals surface area (Å²) in [5.41, 5.74) is 1.05. The molecule has 1 aliphatic heterocycles. The minimum Gasteiger partial charge on any atom is -0.459 e. The van der Waals surface area contributed by atoms with Crippen molar-refractivity contribution in [3.8, 4) is 6.07 Å². The number of esters is 1. The lowest BCUT2D eigenvalue weighted by molar-refractivity contribution is -0.156. The van der Waals surface area contributed by atoms with E-state index in [0.717, 1.165) is 38.0 Å². The van der Waals surface area contributed by atoms with E-state index in [-0.39, 0.29) is 5.97 Å². The van der Waals surface area contributed by atoms with Gasteiger partial charge in [0, 0.05) is 19.1 Å². The molecular weight excluding hydrogens is 316 g/mol. The van der Waals surface area contributed by atoms with E-state index in [2.05, 4.69) is 14.8 Å². The summed E-state index contributed by atoms with van der Waals surface area (Å²) in [5.74, 6) is -0.174. The predicted octanol–water partition coefficient (Wildman–Crippen LogP) is 2.59. The van der Waals surface area contributed by atoms with E-state index in [1.807, 2.05) is 40.0 Å². The first-order chi connectivity index (χ1) is 11.8. The Morgan fingerprint density at radius 2 is 2.16 bits per heavy atom. The molecule has 0 saturated carbocycles. The smallest absolute Gasteiger partial charge is 0.320 e. The van der Waals surface area contributed by atoms with Crippen LogP contribution in [0.4, 0.5) is 5.69 Å². The first-order valence-electron chi connectivity index (χ1n) is 8.81. The second kappa shape index (κ2) is 8.30. The van der Waals surface area contributed by atoms with Crippen LogP contribution in [0.15, 0.2) is 18.3 Å². The largest absolute Gasteiger partial charge is 0.459 e. The molecule has 1 unspecified atom stereocenters. The Hall–Kier alpha value is -2.13. The number of ether oxygens (including phenoxy) is 1. The lowest BCUT2D eigenvalue weighted by Crippen LogP contribution is -2.39. The number of rotatable bonds is 4. The number of nitrogens with zero attached hydrogens (tertiary/aromatic N) is 4. The molecule has 0 aromatic carbocycles. The summed E-state index contributed by atoms with van der Waals surface area (Å²) < 4.78 is 5.42. The summed E-state index contributed by atoms with van der Waals surface area (Å²) in [6, 6.07) is 6.12. The van der Waals surface area contributed by atoms with Crippen LogP contribution < -0.4 is 4.90 Å². The van der Waals surface area contributed by atoms with Gasteiger partial charge in [0.15, 0.2) is 0 Å². The van der Waals surface area contributed by atoms with Crippen molar-refractivity contribution >= 4 is 11.7 Å². The van der Waals surface area contributed by atoms with Gasteiger partial charge in [0.05, 0.1) is 18.4 Å². The van der Waals surface area contributed by atoms with Crippen molar-refractivity contribution in [1.29, 1.82) is 5.26 Å². The third-order valence-electron chi connectivity index (χ3n) is 4.35. The molecule has 1 aromatic heterocycles. The number of pyridine rings is 1. The number of likely N-dealkylation sites (N-methyl/N-ethyl adjacent to an activating group) is 1. The van der Waals surface area contributed by atoms with Gasteiger partial charge in [-0.1, -0.05) is 0 Å². The van der Waals surface area contributed by atoms with Crippen molar-refractivity contribution < 1.29 is 9.53 Å². The minimum absolute atomic E-state index is 0.174. The molecule has 0 amide bonds. The molecule has 0 N–H and O–H groups in total. The number of aromatic nitrogens is 1. The minimum atomic E-state index is -0.444. The molecule has 2 rings (SSSR count). The molecule has 0 radical (unpaired) electrons. The monoisotopic (exact) mass is 344 g/mol. The van der Waals surface area contributed by atoms with E-state index in [1.54, 1.807) is 12.3 Å². The fourth-order valence-electron chi connectivity index (χ4n) is 3.12. The first-order valence-corrected chi connectivity index (χ1v) is 8.81. The predicted molar refractivity (Wildman–Crippen MR) is 97.3 cm³/mol. The van der Waals surface area contributed by atoms with Crippen LogP contribution in [0.3, 0.4) is 0 Å². The number of carbonyl (C=O) groups excluding carboxylic acids is 1. The number of nitriles is 1. The topological polar surface area (TPSA) is 69.5 Å². The zero-order valence-electron chi connectivity index (χ0n) is 15.7. The maximum absolute atomic E-state index is 12.0. The highest BCUT2D eigenvalue weighted by Crippen LogP contribution is 2.21. The van der Waals surface area contributed by atoms with Gasteiger partial charge in [-0.15, -0.1) is 0 Å². The Bertz CT molecular complexity index is 616. The molecule has 0 aliphatic carbocycles. The second-order valence-electron chi connectivity index (χ2n) is 7.59. The van der Waals surface area contributed by atoms with Crippen LogP contribution in [-0.2, 0) is 9.53 Å². The summed E-state index contributed by atoms with van der Waals surface area (Å²) in [7, 11) is 1.99. The quantitative estimate of drug-likeness (QED) is 0.782. The Kier molecular flexibility index (Phi) is 6.38. The van der Waals surface area contributed by atoms with Crippen LogP contribution in [0.1, 0.15) is 45.7 Å². The molecule has 1 aliphatic rings. The maximum atomic E-state index is 12.0. The standard InChI is InChI=1S/C19H28N4O2/c1-19(2,3)25-18(24)14-22(4)16-6-5-10-23(11-9-16)17-8-7-15(12-20)21-13-17/h7-8,13,16H,5-6,9-11,14H2,1-4H3. The van der Waals surface area contributed by atoms with E-state index >= 15 is 0 Å². The fraction of sp³-hybridized carbons (Fsp3) is 0.632. The van der Waals surface area contributed by atoms with Crippen molar-refractivity contribution in [2.45, 2.75) is 51.7 Å². The van der Waals surface area contributed by atoms with Crippen LogP contribution in [-0.4, -0.2) is 54.2 Å². The summed E-state index contributed by atoms with van der Waals surface area (Å²) in [6.07, 6.45) is 4.87. The molecule has 0 bridgehead atoms. The summed E-state index contributed by atoms with van der Waals surface area (Å²) in [6.45, 7) is 7.86. The third kappa shape index (κ3) is 6.02. The van der Waals surface area contributed by atoms with E-state index in [1.165, 1.54) is 0 Å². The van der Waals surface area contributed by atoms with Crippen molar-refractivity contribution in [1.82, 2.24) is 9.88 Å². The van der Waals surface area contributed by atoms with Gasteiger partial charge in [0.2, 0.25) is 0 Å². The van der Waals surface area contributed by atoms with E-state index in [9.17, 15) is 4.79 Å². The lowest BCUT2D eigenvalue weighted by atomic mass is 10.1. The van der Waals surface area contributed by atoms with Gasteiger partial charge in [0.1, 0.15) is 17.4 Å². The van der Waals surface area contributed by atoms with Gasteiger partial charge in [-0.25, -0.2) is 4.98 Å². The highest BCUT2D eigenvalue weighted by atomic mass is 16.6. The summed E-state index contributed by atoms with van der Waals surface area (Å²) in [5, 5.41) is 8.85. The van der Waals surface area contributed by atoms with Gasteiger partial charge in [-0.05, 0) is 59.2 Å². The van der Waals surface area contributed by atoms with Gasteiger partial charge in [-0.2, -0.15) is 5.26 Å². The van der Waals surface area contributed by atoms with Crippen LogP contribution in [0, 0.1) is 11.3 Å². The average molecular weight is 344 g/mol. The second-order valence-corrected chi connectivity index (χ2v) is 7.59. The molecular formula is C19H28N4O2. The molecule has 1 fully saturated rings. The normalized spacial score (nSPS) is 18.6. The average Bonchev–Trinajstić information content (AvgIpc) is 2.79. The SMILES string of the molecule is CN(CC(=O)OC(C)(C)C)C1CCCN(c2ccc(C#N)nc2)CC1. The van der Waals surface area contributed by atoms with Gasteiger partial charge in [0.25, 0.3) is 0 Å². The van der Waals surface area contributed by atoms with Crippen LogP contribution in [0.5, 0.6) is 0 Å². The van der Waals surface area contributed by atoms with Crippen LogP contribution >= 0.6 is 0 Å². The molecule has 25 heavy (non-hydrogen) atoms. The molecule has 2 heterocycles. The van der Waals surface area contributed by atoms with Gasteiger partial charge in [-0.3, -0.25) is 9.69 Å². The number of hydrogen-bond donors (Lipinski definition) is 0. The molecule has 1 atom stereocenters. The summed E-state index contributed by atoms with van der Waals surface area (Å²) >= 11 is 0. The first kappa shape index (κ1) is 19.2. The Morgan fingerprint density at radius 3 is 2.76 bits per heavy atom. The van der Waals surface area contributed by atoms with E-state index in [4.69, 9.17) is 10.00 Å². The lowest BCUT2D eigenvalue weighted by Gasteiger charge is -2.28. The molecule has 1 aromatic rings. The van der Waals surface area contributed by atoms with E-state index < -0.39 is 5.60 Å². The fourth-order valence-corrected chi connectivity index (χ4v) is 3.12. The van der Waals surface area contributed by atoms with Gasteiger partial charge < -0.3 is 9.64 Å². The molecule has 136 valence electrons. The Labute approximate surface area is 150 Å². The summed E-state index contributed by atoms with van der Waals surface area (Å²) in [4.78, 5) is 20.6. The van der Waals surface area contributed by atoms with E-state index in [0.29, 0.717) is 18.3 Å². The van der Waals surface area contributed by atoms with Crippen molar-refractivity contribution in [3.05, 3.63) is 24.0 Å². The molecule has 6 heteroatoms. The Balaban J connectivity index is 1.89. The van der Waals surface area contributed by atoms with Crippen LogP contribution in [0.25, 0.3) is 0 Å². The maximum Gasteiger partial charge on any atom is 0.320 e. The zero-order chi connectivity index (χ0) is 18.4. The number of hydrogen-bond acceptors (Lipinski definition) is 6. The molecule has 0 spiro atoms. The third-order valence-corrected chi connectivity index (χ3v) is 4.35. The number of carbonyl (C=O) groups is 1.